The zero-order chi connectivity index (χ0) is 11.0. The van der Waals surface area contributed by atoms with Crippen LogP contribution in [-0.2, 0) is 27.2 Å². The smallest absolute Gasteiger partial charge is 0.306 e. The average Bonchev–Trinajstić information content (AvgIpc) is 2.98. The van der Waals surface area contributed by atoms with Gasteiger partial charge in [0, 0.05) is 22.4 Å². The Kier molecular flexibility index (Phi) is 12.5. The van der Waals surface area contributed by atoms with Crippen LogP contribution in [0.2, 0.25) is 0 Å². The van der Waals surface area contributed by atoms with Gasteiger partial charge in [0.05, 0.1) is 5.92 Å². The molecule has 0 unspecified atom stereocenters. The monoisotopic (exact) mass is 307 g/mol. The van der Waals surface area contributed by atoms with Crippen LogP contribution in [0.5, 0.6) is 0 Å². The second-order valence-corrected chi connectivity index (χ2v) is 3.49. The van der Waals surface area contributed by atoms with Crippen molar-refractivity contribution in [2.24, 2.45) is 5.92 Å². The molecule has 0 saturated heterocycles. The van der Waals surface area contributed by atoms with E-state index in [2.05, 4.69) is 25.7 Å². The van der Waals surface area contributed by atoms with E-state index in [4.69, 9.17) is 5.11 Å². The molecule has 0 aromatic rings. The number of nitrogens with zero attached hydrogens (tertiary/aromatic N) is 1. The van der Waals surface area contributed by atoms with Crippen LogP contribution in [0.3, 0.4) is 0 Å². The van der Waals surface area contributed by atoms with Gasteiger partial charge in [0.2, 0.25) is 0 Å². The molecule has 0 aliphatic heterocycles. The molecule has 0 atom stereocenters. The molecular weight excluding hydrogens is 286 g/mol. The minimum absolute atomic E-state index is 0. The summed E-state index contributed by atoms with van der Waals surface area (Å²) in [4.78, 5) is 12.1. The van der Waals surface area contributed by atoms with Crippen LogP contribution in [0.1, 0.15) is 33.1 Å². The minimum atomic E-state index is -0.630. The van der Waals surface area contributed by atoms with E-state index in [9.17, 15) is 4.79 Å². The topological polar surface area (TPSA) is 40.5 Å². The van der Waals surface area contributed by atoms with E-state index in [0.717, 1.165) is 38.9 Å². The zero-order valence-electron chi connectivity index (χ0n) is 9.63. The molecule has 0 bridgehead atoms. The summed E-state index contributed by atoms with van der Waals surface area (Å²) >= 11 is 0. The summed E-state index contributed by atoms with van der Waals surface area (Å²) in [6.45, 7) is 11.6. The maximum atomic E-state index is 9.76. The van der Waals surface area contributed by atoms with E-state index in [1.165, 1.54) is 0 Å². The molecule has 3 nitrogen and oxygen atoms in total. The predicted octanol–water partition coefficient (Wildman–Crippen LogP) is 2.03. The molecule has 1 radical (unpaired) electrons. The number of hydrogen-bond acceptors (Lipinski definition) is 2. The SMILES string of the molecule is O=C(O)C1CC1.[Ag].[CH2-]CCN(CC)CC. The van der Waals surface area contributed by atoms with Gasteiger partial charge >= 0.3 is 5.97 Å². The molecular formula is C11H22AgNO2-. The number of carboxylic acids is 1. The van der Waals surface area contributed by atoms with E-state index in [0.29, 0.717) is 0 Å². The first kappa shape index (κ1) is 17.6. The van der Waals surface area contributed by atoms with Crippen LogP contribution in [0.25, 0.3) is 0 Å². The standard InChI is InChI=1S/C7H16N.C4H6O2.Ag/c1-4-7-8(5-2)6-3;5-4(6)3-1-2-3;/h1,4-7H2,2-3H3;3H,1-2H2,(H,5,6);/q-1;;. The Morgan fingerprint density at radius 3 is 1.93 bits per heavy atom. The molecule has 4 heteroatoms. The Morgan fingerprint density at radius 2 is 1.87 bits per heavy atom. The summed E-state index contributed by atoms with van der Waals surface area (Å²) in [5, 5.41) is 8.05. The van der Waals surface area contributed by atoms with Gasteiger partial charge in [0.25, 0.3) is 0 Å². The van der Waals surface area contributed by atoms with Gasteiger partial charge in [-0.3, -0.25) is 4.79 Å². The maximum Gasteiger partial charge on any atom is 0.306 e. The van der Waals surface area contributed by atoms with Crippen molar-refractivity contribution in [3.8, 4) is 0 Å². The van der Waals surface area contributed by atoms with Crippen molar-refractivity contribution >= 4 is 5.97 Å². The fourth-order valence-electron chi connectivity index (χ4n) is 1.09. The number of aliphatic carboxylic acids is 1. The first-order chi connectivity index (χ1) is 6.65. The van der Waals surface area contributed by atoms with Crippen LogP contribution < -0.4 is 0 Å². The summed E-state index contributed by atoms with van der Waals surface area (Å²) in [5.41, 5.74) is 0. The van der Waals surface area contributed by atoms with Crippen molar-refractivity contribution in [2.45, 2.75) is 33.1 Å². The second-order valence-electron chi connectivity index (χ2n) is 3.49. The fourth-order valence-corrected chi connectivity index (χ4v) is 1.09. The van der Waals surface area contributed by atoms with E-state index in [1.54, 1.807) is 0 Å². The summed E-state index contributed by atoms with van der Waals surface area (Å²) in [5.74, 6) is -0.611. The molecule has 0 aromatic carbocycles. The van der Waals surface area contributed by atoms with Crippen molar-refractivity contribution in [2.75, 3.05) is 19.6 Å². The van der Waals surface area contributed by atoms with Crippen molar-refractivity contribution in [3.05, 3.63) is 6.92 Å². The fraction of sp³-hybridized carbons (Fsp3) is 0.818. The Morgan fingerprint density at radius 1 is 1.40 bits per heavy atom. The van der Waals surface area contributed by atoms with Gasteiger partial charge in [0.1, 0.15) is 0 Å². The summed E-state index contributed by atoms with van der Waals surface area (Å²) in [6, 6.07) is 0. The molecule has 15 heavy (non-hydrogen) atoms. The summed E-state index contributed by atoms with van der Waals surface area (Å²) in [7, 11) is 0. The van der Waals surface area contributed by atoms with E-state index in [1.807, 2.05) is 0 Å². The van der Waals surface area contributed by atoms with E-state index >= 15 is 0 Å². The van der Waals surface area contributed by atoms with Gasteiger partial charge in [-0.2, -0.15) is 6.42 Å². The van der Waals surface area contributed by atoms with E-state index in [-0.39, 0.29) is 28.3 Å². The third-order valence-corrected chi connectivity index (χ3v) is 2.30. The molecule has 1 saturated carbocycles. The summed E-state index contributed by atoms with van der Waals surface area (Å²) < 4.78 is 0. The van der Waals surface area contributed by atoms with Gasteiger partial charge in [-0.05, 0) is 32.5 Å². The molecule has 1 aliphatic carbocycles. The van der Waals surface area contributed by atoms with Gasteiger partial charge < -0.3 is 16.9 Å². The van der Waals surface area contributed by atoms with Crippen molar-refractivity contribution in [1.82, 2.24) is 4.90 Å². The first-order valence-electron chi connectivity index (χ1n) is 5.40. The molecule has 1 aliphatic rings. The average molecular weight is 308 g/mol. The Labute approximate surface area is 109 Å². The van der Waals surface area contributed by atoms with Gasteiger partial charge in [0.15, 0.2) is 0 Å². The van der Waals surface area contributed by atoms with Crippen LogP contribution in [0.15, 0.2) is 0 Å². The Bertz CT molecular complexity index is 157. The Balaban J connectivity index is 0. The van der Waals surface area contributed by atoms with Gasteiger partial charge in [-0.1, -0.05) is 13.8 Å². The van der Waals surface area contributed by atoms with Crippen LogP contribution in [0, 0.1) is 12.8 Å². The number of rotatable bonds is 5. The van der Waals surface area contributed by atoms with Crippen molar-refractivity contribution < 1.29 is 32.3 Å². The normalized spacial score (nSPS) is 13.9. The van der Waals surface area contributed by atoms with Crippen molar-refractivity contribution in [3.63, 3.8) is 0 Å². The molecule has 0 heterocycles. The minimum Gasteiger partial charge on any atom is -0.481 e. The van der Waals surface area contributed by atoms with Crippen LogP contribution in [0.4, 0.5) is 0 Å². The van der Waals surface area contributed by atoms with Crippen LogP contribution in [-0.4, -0.2) is 35.6 Å². The molecule has 0 amide bonds. The molecule has 95 valence electrons. The molecule has 0 spiro atoms. The van der Waals surface area contributed by atoms with Crippen molar-refractivity contribution in [1.29, 1.82) is 0 Å². The van der Waals surface area contributed by atoms with Crippen LogP contribution >= 0.6 is 0 Å². The number of hydrogen-bond donors (Lipinski definition) is 1. The van der Waals surface area contributed by atoms with E-state index < -0.39 is 5.97 Å². The molecule has 0 aromatic heterocycles. The molecule has 1 fully saturated rings. The third kappa shape index (κ3) is 10.5. The quantitative estimate of drug-likeness (QED) is 0.624. The largest absolute Gasteiger partial charge is 0.481 e. The third-order valence-electron chi connectivity index (χ3n) is 2.30. The Hall–Kier alpha value is 0.170. The number of carbonyl (C=O) groups is 1. The molecule has 1 rings (SSSR count). The second kappa shape index (κ2) is 10.7. The first-order valence-corrected chi connectivity index (χ1v) is 5.40. The zero-order valence-corrected chi connectivity index (χ0v) is 11.1. The maximum absolute atomic E-state index is 9.76. The summed E-state index contributed by atoms with van der Waals surface area (Å²) in [6.07, 6.45) is 2.83. The predicted molar refractivity (Wildman–Crippen MR) is 58.1 cm³/mol. The number of carboxylic acid groups (broad SMARTS) is 1. The molecule has 1 N–H and O–H groups in total. The van der Waals surface area contributed by atoms with Gasteiger partial charge in [-0.25, -0.2) is 0 Å². The van der Waals surface area contributed by atoms with Gasteiger partial charge in [-0.15, -0.1) is 0 Å².